The minimum absolute atomic E-state index is 0.278. The molecule has 0 saturated carbocycles. The average molecular weight is 161 g/mol. The second-order valence-electron chi connectivity index (χ2n) is 2.43. The van der Waals surface area contributed by atoms with Gasteiger partial charge >= 0.3 is 0 Å². The lowest BCUT2D eigenvalue weighted by atomic mass is 10.4. The molecule has 0 aliphatic rings. The van der Waals surface area contributed by atoms with Gasteiger partial charge in [-0.15, -0.1) is 0 Å². The molecule has 9 heavy (non-hydrogen) atoms. The Bertz CT molecular complexity index is 53.0. The van der Waals surface area contributed by atoms with Crippen molar-refractivity contribution in [3.63, 3.8) is 0 Å². The highest BCUT2D eigenvalue weighted by molar-refractivity contribution is 6.87. The van der Waals surface area contributed by atoms with Gasteiger partial charge in [-0.1, -0.05) is 13.8 Å². The minimum atomic E-state index is 0.278. The Morgan fingerprint density at radius 1 is 1.22 bits per heavy atom. The lowest BCUT2D eigenvalue weighted by Gasteiger charge is -2.17. The van der Waals surface area contributed by atoms with Crippen LogP contribution in [0.4, 0.5) is 0 Å². The molecular weight excluding hydrogens is 142 g/mol. The molecule has 56 valence electrons. The molecule has 0 N–H and O–H groups in total. The molecule has 0 fully saturated rings. The molecule has 0 unspecified atom stereocenters. The van der Waals surface area contributed by atoms with Gasteiger partial charge in [-0.25, -0.2) is 0 Å². The van der Waals surface area contributed by atoms with Gasteiger partial charge in [-0.3, -0.25) is 0 Å². The summed E-state index contributed by atoms with van der Waals surface area (Å²) in [6, 6.07) is 0. The minimum Gasteiger partial charge on any atom is -0.332 e. The summed E-state index contributed by atoms with van der Waals surface area (Å²) in [4.78, 5) is 0. The first-order chi connectivity index (χ1) is 4.35. The Balaban J connectivity index is 3.18. The van der Waals surface area contributed by atoms with Crippen LogP contribution < -0.4 is 0 Å². The SMILES string of the molecule is CCCN(CCC)[SiH2][SiH3]. The van der Waals surface area contributed by atoms with Crippen LogP contribution in [0.1, 0.15) is 26.7 Å². The summed E-state index contributed by atoms with van der Waals surface area (Å²) in [5, 5.41) is 0. The van der Waals surface area contributed by atoms with E-state index in [1.54, 1.807) is 0 Å². The first-order valence-corrected chi connectivity index (χ1v) is 10.4. The lowest BCUT2D eigenvalue weighted by molar-refractivity contribution is 0.447. The largest absolute Gasteiger partial charge is 0.332 e. The molecule has 0 bridgehead atoms. The Kier molecular flexibility index (Phi) is 6.80. The highest BCUT2D eigenvalue weighted by Gasteiger charge is 1.96. The van der Waals surface area contributed by atoms with Gasteiger partial charge < -0.3 is 4.57 Å². The molecule has 0 heterocycles. The maximum absolute atomic E-state index is 2.69. The van der Waals surface area contributed by atoms with Gasteiger partial charge in [0.25, 0.3) is 0 Å². The first kappa shape index (κ1) is 9.39. The zero-order chi connectivity index (χ0) is 7.11. The van der Waals surface area contributed by atoms with Crippen molar-refractivity contribution in [1.82, 2.24) is 4.57 Å². The van der Waals surface area contributed by atoms with E-state index in [4.69, 9.17) is 0 Å². The summed E-state index contributed by atoms with van der Waals surface area (Å²) in [7, 11) is 1.74. The molecule has 0 spiro atoms. The van der Waals surface area contributed by atoms with Crippen molar-refractivity contribution in [2.24, 2.45) is 0 Å². The van der Waals surface area contributed by atoms with Crippen LogP contribution >= 0.6 is 0 Å². The Morgan fingerprint density at radius 3 is 1.89 bits per heavy atom. The maximum atomic E-state index is 2.69. The summed E-state index contributed by atoms with van der Waals surface area (Å²) < 4.78 is 2.69. The lowest BCUT2D eigenvalue weighted by Crippen LogP contribution is -2.29. The average Bonchev–Trinajstić information content (AvgIpc) is 1.88. The Morgan fingerprint density at radius 2 is 1.67 bits per heavy atom. The van der Waals surface area contributed by atoms with Crippen LogP contribution in [-0.4, -0.2) is 36.6 Å². The van der Waals surface area contributed by atoms with Crippen LogP contribution in [0.15, 0.2) is 0 Å². The molecule has 0 amide bonds. The third kappa shape index (κ3) is 4.87. The predicted octanol–water partition coefficient (Wildman–Crippen LogP) is -0.527. The number of rotatable bonds is 5. The summed E-state index contributed by atoms with van der Waals surface area (Å²) in [6.07, 6.45) is 2.68. The number of hydrogen-bond donors (Lipinski definition) is 0. The normalized spacial score (nSPS) is 12.3. The quantitative estimate of drug-likeness (QED) is 0.490. The van der Waals surface area contributed by atoms with E-state index in [2.05, 4.69) is 18.4 Å². The Hall–Kier alpha value is 0.394. The second-order valence-corrected chi connectivity index (χ2v) is 5.86. The van der Waals surface area contributed by atoms with E-state index in [0.29, 0.717) is 0 Å². The van der Waals surface area contributed by atoms with Crippen LogP contribution in [0.3, 0.4) is 0 Å². The van der Waals surface area contributed by atoms with Crippen LogP contribution in [0, 0.1) is 0 Å². The Labute approximate surface area is 63.9 Å². The monoisotopic (exact) mass is 161 g/mol. The third-order valence-corrected chi connectivity index (χ3v) is 5.74. The van der Waals surface area contributed by atoms with Gasteiger partial charge in [0.2, 0.25) is 0 Å². The first-order valence-electron chi connectivity index (χ1n) is 4.07. The molecule has 1 nitrogen and oxygen atoms in total. The van der Waals surface area contributed by atoms with Crippen molar-refractivity contribution in [3.05, 3.63) is 0 Å². The molecular formula is C6H19NSi2. The van der Waals surface area contributed by atoms with E-state index in [1.807, 2.05) is 0 Å². The van der Waals surface area contributed by atoms with Gasteiger partial charge in [0.1, 0.15) is 0 Å². The molecule has 0 aromatic rings. The van der Waals surface area contributed by atoms with Gasteiger partial charge in [0.15, 0.2) is 0 Å². The van der Waals surface area contributed by atoms with E-state index in [1.165, 1.54) is 35.7 Å². The van der Waals surface area contributed by atoms with Gasteiger partial charge in [0, 0.05) is 9.76 Å². The van der Waals surface area contributed by atoms with E-state index < -0.39 is 0 Å². The molecule has 0 aliphatic heterocycles. The topological polar surface area (TPSA) is 3.24 Å². The molecule has 0 aliphatic carbocycles. The standard InChI is InChI=1S/C6H19NSi2/c1-3-5-7(9-8)6-4-2/h3-6,9H2,1-2,8H3. The van der Waals surface area contributed by atoms with Gasteiger partial charge in [0.05, 0.1) is 9.20 Å². The fourth-order valence-electron chi connectivity index (χ4n) is 1.06. The van der Waals surface area contributed by atoms with Gasteiger partial charge in [-0.05, 0) is 25.9 Å². The summed E-state index contributed by atoms with van der Waals surface area (Å²) in [6.45, 7) is 7.27. The van der Waals surface area contributed by atoms with Crippen LogP contribution in [0.25, 0.3) is 0 Å². The van der Waals surface area contributed by atoms with Crippen molar-refractivity contribution in [1.29, 1.82) is 0 Å². The maximum Gasteiger partial charge on any atom is 0.0756 e. The predicted molar refractivity (Wildman–Crippen MR) is 50.6 cm³/mol. The van der Waals surface area contributed by atoms with Crippen LogP contribution in [0.2, 0.25) is 0 Å². The smallest absolute Gasteiger partial charge is 0.0756 e. The molecule has 0 saturated heterocycles. The molecule has 0 rings (SSSR count). The van der Waals surface area contributed by atoms with E-state index in [9.17, 15) is 0 Å². The second kappa shape index (κ2) is 6.51. The fraction of sp³-hybridized carbons (Fsp3) is 1.00. The number of hydrogen-bond acceptors (Lipinski definition) is 1. The van der Waals surface area contributed by atoms with E-state index in [0.717, 1.165) is 0 Å². The van der Waals surface area contributed by atoms with Crippen LogP contribution in [0.5, 0.6) is 0 Å². The zero-order valence-corrected chi connectivity index (χ0v) is 10.4. The number of nitrogens with zero attached hydrogens (tertiary/aromatic N) is 1. The molecule has 0 atom stereocenters. The van der Waals surface area contributed by atoms with Crippen molar-refractivity contribution < 1.29 is 0 Å². The summed E-state index contributed by atoms with van der Waals surface area (Å²) in [5.41, 5.74) is 0. The fourth-order valence-corrected chi connectivity index (χ4v) is 4.22. The molecule has 0 aromatic carbocycles. The van der Waals surface area contributed by atoms with Crippen LogP contribution in [-0.2, 0) is 0 Å². The van der Waals surface area contributed by atoms with Crippen molar-refractivity contribution in [2.45, 2.75) is 26.7 Å². The van der Waals surface area contributed by atoms with Crippen molar-refractivity contribution in [3.8, 4) is 0 Å². The van der Waals surface area contributed by atoms with E-state index >= 15 is 0 Å². The summed E-state index contributed by atoms with van der Waals surface area (Å²) in [5.74, 6) is 0. The molecule has 0 radical (unpaired) electrons. The summed E-state index contributed by atoms with van der Waals surface area (Å²) >= 11 is 0. The highest BCUT2D eigenvalue weighted by Crippen LogP contribution is 1.88. The zero-order valence-electron chi connectivity index (χ0n) is 6.98. The van der Waals surface area contributed by atoms with Gasteiger partial charge in [-0.2, -0.15) is 0 Å². The van der Waals surface area contributed by atoms with Crippen molar-refractivity contribution in [2.75, 3.05) is 13.1 Å². The van der Waals surface area contributed by atoms with Crippen molar-refractivity contribution >= 4 is 19.0 Å². The highest BCUT2D eigenvalue weighted by atomic mass is 29.1. The molecule has 0 aromatic heterocycles. The third-order valence-electron chi connectivity index (χ3n) is 1.53. The van der Waals surface area contributed by atoms with E-state index in [-0.39, 0.29) is 9.20 Å². The molecule has 3 heteroatoms.